The number of hydrogen-bond donors (Lipinski definition) is 1. The molecule has 0 spiro atoms. The van der Waals surface area contributed by atoms with E-state index in [9.17, 15) is 0 Å². The van der Waals surface area contributed by atoms with Crippen molar-refractivity contribution >= 4 is 11.6 Å². The van der Waals surface area contributed by atoms with Crippen LogP contribution in [0.5, 0.6) is 0 Å². The highest BCUT2D eigenvalue weighted by Crippen LogP contribution is 2.13. The monoisotopic (exact) mass is 241 g/mol. The Morgan fingerprint density at radius 3 is 2.88 bits per heavy atom. The second-order valence-corrected chi connectivity index (χ2v) is 4.35. The molecule has 0 aliphatic rings. The van der Waals surface area contributed by atoms with E-state index in [4.69, 9.17) is 16.3 Å². The molecule has 0 aliphatic heterocycles. The molecule has 0 aliphatic carbocycles. The first kappa shape index (κ1) is 13.5. The van der Waals surface area contributed by atoms with Crippen LogP contribution in [0.25, 0.3) is 0 Å². The van der Waals surface area contributed by atoms with E-state index >= 15 is 0 Å². The van der Waals surface area contributed by atoms with Crippen LogP contribution in [0.15, 0.2) is 24.3 Å². The van der Waals surface area contributed by atoms with E-state index in [0.29, 0.717) is 6.61 Å². The predicted molar refractivity (Wildman–Crippen MR) is 68.9 cm³/mol. The standard InChI is InChI=1S/C13H20ClNO/c1-3-5-13(9-15-2)16-10-11-6-4-7-12(14)8-11/h4,6-8,13,15H,3,5,9-10H2,1-2H3. The second-order valence-electron chi connectivity index (χ2n) is 3.91. The van der Waals surface area contributed by atoms with Crippen molar-refractivity contribution < 1.29 is 4.74 Å². The highest BCUT2D eigenvalue weighted by Gasteiger charge is 2.06. The minimum absolute atomic E-state index is 0.286. The van der Waals surface area contributed by atoms with Crippen LogP contribution in [0.4, 0.5) is 0 Å². The largest absolute Gasteiger partial charge is 0.372 e. The number of nitrogens with one attached hydrogen (secondary N) is 1. The molecular weight excluding hydrogens is 222 g/mol. The summed E-state index contributed by atoms with van der Waals surface area (Å²) in [5, 5.41) is 3.91. The zero-order valence-electron chi connectivity index (χ0n) is 10.0. The van der Waals surface area contributed by atoms with E-state index in [1.54, 1.807) is 0 Å². The molecule has 0 bridgehead atoms. The Hall–Kier alpha value is -0.570. The first-order valence-corrected chi connectivity index (χ1v) is 6.14. The van der Waals surface area contributed by atoms with Gasteiger partial charge in [-0.2, -0.15) is 0 Å². The third-order valence-electron chi connectivity index (χ3n) is 2.42. The van der Waals surface area contributed by atoms with Gasteiger partial charge >= 0.3 is 0 Å². The predicted octanol–water partition coefficient (Wildman–Crippen LogP) is 3.24. The zero-order chi connectivity index (χ0) is 11.8. The third kappa shape index (κ3) is 4.97. The fourth-order valence-electron chi connectivity index (χ4n) is 1.63. The van der Waals surface area contributed by atoms with Crippen LogP contribution in [0.2, 0.25) is 5.02 Å². The van der Waals surface area contributed by atoms with Gasteiger partial charge in [-0.25, -0.2) is 0 Å². The molecule has 3 heteroatoms. The molecule has 1 rings (SSSR count). The van der Waals surface area contributed by atoms with E-state index in [1.807, 2.05) is 31.3 Å². The highest BCUT2D eigenvalue weighted by atomic mass is 35.5. The Labute approximate surface area is 103 Å². The Morgan fingerprint density at radius 2 is 2.25 bits per heavy atom. The van der Waals surface area contributed by atoms with Gasteiger partial charge in [0.05, 0.1) is 12.7 Å². The molecule has 0 fully saturated rings. The van der Waals surface area contributed by atoms with Crippen molar-refractivity contribution in [1.29, 1.82) is 0 Å². The second kappa shape index (κ2) is 7.66. The van der Waals surface area contributed by atoms with Crippen LogP contribution < -0.4 is 5.32 Å². The Bertz CT molecular complexity index is 298. The summed E-state index contributed by atoms with van der Waals surface area (Å²) in [5.41, 5.74) is 1.13. The van der Waals surface area contributed by atoms with E-state index in [1.165, 1.54) is 0 Å². The Balaban J connectivity index is 2.41. The SMILES string of the molecule is CCCC(CNC)OCc1cccc(Cl)c1. The van der Waals surface area contributed by atoms with E-state index in [2.05, 4.69) is 12.2 Å². The zero-order valence-corrected chi connectivity index (χ0v) is 10.8. The molecule has 0 heterocycles. The van der Waals surface area contributed by atoms with Crippen molar-refractivity contribution in [2.24, 2.45) is 0 Å². The van der Waals surface area contributed by atoms with Crippen LogP contribution in [-0.2, 0) is 11.3 Å². The lowest BCUT2D eigenvalue weighted by molar-refractivity contribution is 0.0360. The molecule has 0 amide bonds. The summed E-state index contributed by atoms with van der Waals surface area (Å²) in [4.78, 5) is 0. The Kier molecular flexibility index (Phi) is 6.46. The lowest BCUT2D eigenvalue weighted by atomic mass is 10.2. The van der Waals surface area contributed by atoms with Crippen LogP contribution in [0.3, 0.4) is 0 Å². The molecule has 1 aromatic carbocycles. The first-order valence-electron chi connectivity index (χ1n) is 5.77. The lowest BCUT2D eigenvalue weighted by Gasteiger charge is -2.16. The first-order chi connectivity index (χ1) is 7.76. The van der Waals surface area contributed by atoms with Gasteiger partial charge in [0.2, 0.25) is 0 Å². The molecule has 2 nitrogen and oxygen atoms in total. The molecule has 0 saturated carbocycles. The molecule has 1 unspecified atom stereocenters. The van der Waals surface area contributed by atoms with E-state index in [-0.39, 0.29) is 6.10 Å². The lowest BCUT2D eigenvalue weighted by Crippen LogP contribution is -2.26. The molecule has 90 valence electrons. The molecular formula is C13H20ClNO. The summed E-state index contributed by atoms with van der Waals surface area (Å²) >= 11 is 5.91. The van der Waals surface area contributed by atoms with Crippen LogP contribution in [0.1, 0.15) is 25.3 Å². The summed E-state index contributed by atoms with van der Waals surface area (Å²) in [5.74, 6) is 0. The number of benzene rings is 1. The summed E-state index contributed by atoms with van der Waals surface area (Å²) in [6.07, 6.45) is 2.51. The average Bonchev–Trinajstić information content (AvgIpc) is 2.27. The number of hydrogen-bond acceptors (Lipinski definition) is 2. The van der Waals surface area contributed by atoms with Crippen molar-refractivity contribution in [3.8, 4) is 0 Å². The Morgan fingerprint density at radius 1 is 1.44 bits per heavy atom. The summed E-state index contributed by atoms with van der Waals surface area (Å²) in [6.45, 7) is 3.70. The fourth-order valence-corrected chi connectivity index (χ4v) is 1.85. The van der Waals surface area contributed by atoms with Gasteiger partial charge in [0.25, 0.3) is 0 Å². The van der Waals surface area contributed by atoms with Gasteiger partial charge in [0, 0.05) is 11.6 Å². The van der Waals surface area contributed by atoms with Gasteiger partial charge in [-0.15, -0.1) is 0 Å². The molecule has 0 radical (unpaired) electrons. The van der Waals surface area contributed by atoms with E-state index < -0.39 is 0 Å². The van der Waals surface area contributed by atoms with Crippen molar-refractivity contribution in [3.63, 3.8) is 0 Å². The third-order valence-corrected chi connectivity index (χ3v) is 2.65. The van der Waals surface area contributed by atoms with Crippen molar-refractivity contribution in [3.05, 3.63) is 34.9 Å². The van der Waals surface area contributed by atoms with Gasteiger partial charge in [-0.05, 0) is 31.2 Å². The number of likely N-dealkylation sites (N-methyl/N-ethyl adjacent to an activating group) is 1. The molecule has 1 atom stereocenters. The van der Waals surface area contributed by atoms with Crippen molar-refractivity contribution in [2.45, 2.75) is 32.5 Å². The van der Waals surface area contributed by atoms with Gasteiger partial charge < -0.3 is 10.1 Å². The number of ether oxygens (including phenoxy) is 1. The molecule has 0 aromatic heterocycles. The average molecular weight is 242 g/mol. The van der Waals surface area contributed by atoms with Gasteiger partial charge in [-0.1, -0.05) is 37.1 Å². The van der Waals surface area contributed by atoms with Gasteiger partial charge in [0.1, 0.15) is 0 Å². The van der Waals surface area contributed by atoms with Gasteiger partial charge in [0.15, 0.2) is 0 Å². The highest BCUT2D eigenvalue weighted by molar-refractivity contribution is 6.30. The normalized spacial score (nSPS) is 12.7. The summed E-state index contributed by atoms with van der Waals surface area (Å²) in [7, 11) is 1.95. The molecule has 0 saturated heterocycles. The van der Waals surface area contributed by atoms with Crippen LogP contribution in [0, 0.1) is 0 Å². The maximum Gasteiger partial charge on any atom is 0.0721 e. The smallest absolute Gasteiger partial charge is 0.0721 e. The minimum Gasteiger partial charge on any atom is -0.372 e. The summed E-state index contributed by atoms with van der Waals surface area (Å²) in [6, 6.07) is 7.81. The maximum atomic E-state index is 5.91. The molecule has 1 N–H and O–H groups in total. The molecule has 1 aromatic rings. The number of rotatable bonds is 7. The van der Waals surface area contributed by atoms with E-state index in [0.717, 1.165) is 30.0 Å². The minimum atomic E-state index is 0.286. The van der Waals surface area contributed by atoms with Crippen molar-refractivity contribution in [1.82, 2.24) is 5.32 Å². The van der Waals surface area contributed by atoms with Crippen molar-refractivity contribution in [2.75, 3.05) is 13.6 Å². The fraction of sp³-hybridized carbons (Fsp3) is 0.538. The topological polar surface area (TPSA) is 21.3 Å². The summed E-state index contributed by atoms with van der Waals surface area (Å²) < 4.78 is 5.84. The quantitative estimate of drug-likeness (QED) is 0.791. The van der Waals surface area contributed by atoms with Crippen LogP contribution in [-0.4, -0.2) is 19.7 Å². The van der Waals surface area contributed by atoms with Crippen LogP contribution >= 0.6 is 11.6 Å². The maximum absolute atomic E-state index is 5.91. The van der Waals surface area contributed by atoms with Gasteiger partial charge in [-0.3, -0.25) is 0 Å². The number of halogens is 1. The molecule has 16 heavy (non-hydrogen) atoms.